The number of hydrogen-bond donors (Lipinski definition) is 0. The summed E-state index contributed by atoms with van der Waals surface area (Å²) in [5, 5.41) is 0.737. The second-order valence-electron chi connectivity index (χ2n) is 5.97. The fraction of sp³-hybridized carbons (Fsp3) is 0.368. The molecular weight excluding hydrogens is 336 g/mol. The molecule has 0 amide bonds. The molecule has 5 nitrogen and oxygen atoms in total. The molecule has 0 spiro atoms. The summed E-state index contributed by atoms with van der Waals surface area (Å²) >= 11 is 1.53. The van der Waals surface area contributed by atoms with Gasteiger partial charge in [-0.3, -0.25) is 0 Å². The summed E-state index contributed by atoms with van der Waals surface area (Å²) < 4.78 is 10.1. The molecule has 1 aliphatic rings. The lowest BCUT2D eigenvalue weighted by atomic mass is 10.2. The Morgan fingerprint density at radius 1 is 1.28 bits per heavy atom. The number of esters is 1. The molecule has 0 N–H and O–H groups in total. The number of carbonyl (C=O) groups excluding carboxylic acids is 1. The number of methoxy groups -OCH3 is 2. The number of nitrogens with zero attached hydrogens (tertiary/aromatic N) is 2. The van der Waals surface area contributed by atoms with Crippen LogP contribution in [0, 0.1) is 6.92 Å². The maximum absolute atomic E-state index is 11.9. The Bertz CT molecular complexity index is 780. The Labute approximate surface area is 151 Å². The quantitative estimate of drug-likeness (QED) is 0.753. The van der Waals surface area contributed by atoms with Gasteiger partial charge in [0.2, 0.25) is 0 Å². The minimum absolute atomic E-state index is 0.330. The Morgan fingerprint density at radius 2 is 2.04 bits per heavy atom. The molecule has 3 rings (SSSR count). The number of carbonyl (C=O) groups is 1. The van der Waals surface area contributed by atoms with Crippen LogP contribution < -0.4 is 4.74 Å². The molecule has 1 saturated heterocycles. The van der Waals surface area contributed by atoms with E-state index >= 15 is 0 Å². The van der Waals surface area contributed by atoms with Crippen LogP contribution in [0.3, 0.4) is 0 Å². The molecule has 1 fully saturated rings. The number of rotatable bonds is 5. The Morgan fingerprint density at radius 3 is 2.72 bits per heavy atom. The van der Waals surface area contributed by atoms with Gasteiger partial charge in [0, 0.05) is 24.4 Å². The van der Waals surface area contributed by atoms with Crippen molar-refractivity contribution in [3.63, 3.8) is 0 Å². The van der Waals surface area contributed by atoms with Crippen molar-refractivity contribution in [1.29, 1.82) is 0 Å². The zero-order chi connectivity index (χ0) is 17.8. The average molecular weight is 358 g/mol. The zero-order valence-electron chi connectivity index (χ0n) is 14.7. The molecule has 0 unspecified atom stereocenters. The number of aryl methyl sites for hydroxylation is 1. The zero-order valence-corrected chi connectivity index (χ0v) is 15.6. The standard InChI is InChI=1S/C19H22N2O3S/c1-13-11-16(19(22)24-3)18(25-13)20-17-5-4-10-21(17)12-14-6-8-15(23-2)9-7-14/h6-9,11H,4-5,10,12H2,1-3H3. The number of likely N-dealkylation sites (tertiary alicyclic amines) is 1. The van der Waals surface area contributed by atoms with Crippen molar-refractivity contribution in [3.05, 3.63) is 46.3 Å². The van der Waals surface area contributed by atoms with E-state index in [4.69, 9.17) is 14.5 Å². The molecule has 2 aromatic rings. The van der Waals surface area contributed by atoms with E-state index in [0.717, 1.165) is 47.4 Å². The number of amidine groups is 1. The fourth-order valence-electron chi connectivity index (χ4n) is 2.92. The van der Waals surface area contributed by atoms with Crippen LogP contribution in [-0.4, -0.2) is 37.5 Å². The highest BCUT2D eigenvalue weighted by Gasteiger charge is 2.21. The van der Waals surface area contributed by atoms with Gasteiger partial charge in [-0.25, -0.2) is 9.79 Å². The van der Waals surface area contributed by atoms with E-state index in [2.05, 4.69) is 17.0 Å². The molecule has 132 valence electrons. The van der Waals surface area contributed by atoms with Crippen LogP contribution >= 0.6 is 11.3 Å². The second kappa shape index (κ2) is 7.70. The molecule has 0 radical (unpaired) electrons. The third-order valence-electron chi connectivity index (χ3n) is 4.20. The van der Waals surface area contributed by atoms with Gasteiger partial charge in [-0.05, 0) is 37.1 Å². The van der Waals surface area contributed by atoms with Gasteiger partial charge in [0.1, 0.15) is 16.6 Å². The van der Waals surface area contributed by atoms with Gasteiger partial charge in [-0.1, -0.05) is 12.1 Å². The predicted octanol–water partition coefficient (Wildman–Crippen LogP) is 4.18. The molecule has 0 atom stereocenters. The van der Waals surface area contributed by atoms with Crippen molar-refractivity contribution >= 4 is 28.1 Å². The first kappa shape index (κ1) is 17.5. The Hall–Kier alpha value is -2.34. The third-order valence-corrected chi connectivity index (χ3v) is 5.14. The lowest BCUT2D eigenvalue weighted by Gasteiger charge is -2.19. The number of aliphatic imine (C=N–C) groups is 1. The number of benzene rings is 1. The van der Waals surface area contributed by atoms with Gasteiger partial charge in [-0.2, -0.15) is 0 Å². The van der Waals surface area contributed by atoms with Gasteiger partial charge < -0.3 is 14.4 Å². The lowest BCUT2D eigenvalue weighted by molar-refractivity contribution is 0.0602. The topological polar surface area (TPSA) is 51.1 Å². The molecule has 0 bridgehead atoms. The summed E-state index contributed by atoms with van der Waals surface area (Å²) in [4.78, 5) is 20.1. The first-order valence-corrected chi connectivity index (χ1v) is 9.06. The van der Waals surface area contributed by atoms with Crippen LogP contribution in [0.5, 0.6) is 5.75 Å². The van der Waals surface area contributed by atoms with Crippen molar-refractivity contribution < 1.29 is 14.3 Å². The molecule has 0 saturated carbocycles. The third kappa shape index (κ3) is 4.02. The largest absolute Gasteiger partial charge is 0.497 e. The normalized spacial score (nSPS) is 15.6. The maximum Gasteiger partial charge on any atom is 0.340 e. The van der Waals surface area contributed by atoms with Gasteiger partial charge in [-0.15, -0.1) is 11.3 Å². The molecule has 6 heteroatoms. The van der Waals surface area contributed by atoms with Crippen molar-refractivity contribution in [3.8, 4) is 5.75 Å². The molecule has 1 aliphatic heterocycles. The summed E-state index contributed by atoms with van der Waals surface area (Å²) in [5.74, 6) is 1.56. The summed E-state index contributed by atoms with van der Waals surface area (Å²) in [6, 6.07) is 9.94. The summed E-state index contributed by atoms with van der Waals surface area (Å²) in [7, 11) is 3.07. The monoisotopic (exact) mass is 358 g/mol. The summed E-state index contributed by atoms with van der Waals surface area (Å²) in [6.45, 7) is 3.76. The van der Waals surface area contributed by atoms with Gasteiger partial charge in [0.15, 0.2) is 0 Å². The number of thiophene rings is 1. The van der Waals surface area contributed by atoms with E-state index in [1.54, 1.807) is 7.11 Å². The molecule has 1 aromatic heterocycles. The van der Waals surface area contributed by atoms with Crippen molar-refractivity contribution in [2.24, 2.45) is 4.99 Å². The Balaban J connectivity index is 1.81. The van der Waals surface area contributed by atoms with Crippen LogP contribution in [-0.2, 0) is 11.3 Å². The molecule has 0 aliphatic carbocycles. The predicted molar refractivity (Wildman–Crippen MR) is 100 cm³/mol. The maximum atomic E-state index is 11.9. The first-order valence-electron chi connectivity index (χ1n) is 8.25. The summed E-state index contributed by atoms with van der Waals surface area (Å²) in [5.41, 5.74) is 1.76. The SMILES string of the molecule is COC(=O)c1cc(C)sc1N=C1CCCN1Cc1ccc(OC)cc1. The number of ether oxygens (including phenoxy) is 2. The van der Waals surface area contributed by atoms with Crippen LogP contribution in [0.4, 0.5) is 5.00 Å². The van der Waals surface area contributed by atoms with Crippen LogP contribution in [0.2, 0.25) is 0 Å². The van der Waals surface area contributed by atoms with Gasteiger partial charge in [0.25, 0.3) is 0 Å². The van der Waals surface area contributed by atoms with Crippen molar-refractivity contribution in [1.82, 2.24) is 4.90 Å². The average Bonchev–Trinajstić information content (AvgIpc) is 3.21. The second-order valence-corrected chi connectivity index (χ2v) is 7.20. The molecule has 2 heterocycles. The Kier molecular flexibility index (Phi) is 5.38. The summed E-state index contributed by atoms with van der Waals surface area (Å²) in [6.07, 6.45) is 2.00. The van der Waals surface area contributed by atoms with Gasteiger partial charge in [0.05, 0.1) is 19.8 Å². The highest BCUT2D eigenvalue weighted by atomic mass is 32.1. The van der Waals surface area contributed by atoms with Crippen LogP contribution in [0.1, 0.15) is 33.6 Å². The highest BCUT2D eigenvalue weighted by Crippen LogP contribution is 2.32. The van der Waals surface area contributed by atoms with E-state index in [9.17, 15) is 4.79 Å². The van der Waals surface area contributed by atoms with Gasteiger partial charge >= 0.3 is 5.97 Å². The smallest absolute Gasteiger partial charge is 0.340 e. The lowest BCUT2D eigenvalue weighted by Crippen LogP contribution is -2.24. The minimum atomic E-state index is -0.330. The highest BCUT2D eigenvalue weighted by molar-refractivity contribution is 7.16. The van der Waals surface area contributed by atoms with E-state index < -0.39 is 0 Å². The van der Waals surface area contributed by atoms with E-state index in [0.29, 0.717) is 5.56 Å². The molecule has 1 aromatic carbocycles. The molecular formula is C19H22N2O3S. The number of hydrogen-bond acceptors (Lipinski definition) is 5. The van der Waals surface area contributed by atoms with E-state index in [1.165, 1.54) is 24.0 Å². The van der Waals surface area contributed by atoms with Crippen molar-refractivity contribution in [2.45, 2.75) is 26.3 Å². The fourth-order valence-corrected chi connectivity index (χ4v) is 3.81. The van der Waals surface area contributed by atoms with Crippen LogP contribution in [0.25, 0.3) is 0 Å². The van der Waals surface area contributed by atoms with E-state index in [1.807, 2.05) is 25.1 Å². The van der Waals surface area contributed by atoms with Crippen LogP contribution in [0.15, 0.2) is 35.3 Å². The van der Waals surface area contributed by atoms with Crippen molar-refractivity contribution in [2.75, 3.05) is 20.8 Å². The molecule has 25 heavy (non-hydrogen) atoms. The first-order chi connectivity index (χ1) is 12.1. The van der Waals surface area contributed by atoms with E-state index in [-0.39, 0.29) is 5.97 Å². The minimum Gasteiger partial charge on any atom is -0.497 e.